The molecule has 2 unspecified atom stereocenters. The van der Waals surface area contributed by atoms with Gasteiger partial charge in [-0.2, -0.15) is 0 Å². The number of rotatable bonds is 17. The zero-order valence-electron chi connectivity index (χ0n) is 44.0. The Kier molecular flexibility index (Phi) is 26.4. The van der Waals surface area contributed by atoms with Crippen LogP contribution in [0.4, 0.5) is 0 Å². The van der Waals surface area contributed by atoms with Crippen molar-refractivity contribution in [3.05, 3.63) is 72.0 Å². The lowest BCUT2D eigenvalue weighted by atomic mass is 9.94. The van der Waals surface area contributed by atoms with Crippen molar-refractivity contribution in [2.45, 2.75) is 129 Å². The molecule has 0 aromatic heterocycles. The number of carboxylic acid groups (broad SMARTS) is 2. The predicted molar refractivity (Wildman–Crippen MR) is 280 cm³/mol. The van der Waals surface area contributed by atoms with Crippen molar-refractivity contribution in [1.29, 1.82) is 0 Å². The molecule has 26 nitrogen and oxygen atoms in total. The molecule has 1 aromatic rings. The first-order valence-corrected chi connectivity index (χ1v) is 24.6. The third kappa shape index (κ3) is 22.0. The van der Waals surface area contributed by atoms with Crippen molar-refractivity contribution in [2.24, 2.45) is 50.7 Å². The molecule has 1 heterocycles. The van der Waals surface area contributed by atoms with Gasteiger partial charge in [0.1, 0.15) is 42.0 Å². The molecule has 0 bridgehead atoms. The van der Waals surface area contributed by atoms with Gasteiger partial charge in [-0.05, 0) is 51.5 Å². The van der Waals surface area contributed by atoms with Gasteiger partial charge in [-0.1, -0.05) is 81.5 Å². The van der Waals surface area contributed by atoms with E-state index in [0.29, 0.717) is 12.0 Å². The normalized spacial score (nSPS) is 24.1. The zero-order valence-corrected chi connectivity index (χ0v) is 44.0. The molecule has 1 aromatic carbocycles. The van der Waals surface area contributed by atoms with Crippen molar-refractivity contribution in [2.75, 3.05) is 20.1 Å². The Bertz CT molecular complexity index is 2390. The smallest absolute Gasteiger partial charge is 0.327 e. The lowest BCUT2D eigenvalue weighted by Gasteiger charge is -2.28. The number of benzene rings is 1. The van der Waals surface area contributed by atoms with Crippen LogP contribution in [0.1, 0.15) is 85.6 Å². The number of aliphatic carboxylic acids is 2. The minimum absolute atomic E-state index is 0.0160. The lowest BCUT2D eigenvalue weighted by Crippen LogP contribution is -2.59. The Morgan fingerprint density at radius 1 is 0.763 bits per heavy atom. The highest BCUT2D eigenvalue weighted by Gasteiger charge is 2.37. The maximum atomic E-state index is 14.4. The highest BCUT2D eigenvalue weighted by molar-refractivity contribution is 6.00. The summed E-state index contributed by atoms with van der Waals surface area (Å²) in [7, 11) is 1.18. The van der Waals surface area contributed by atoms with E-state index in [1.165, 1.54) is 40.8 Å². The number of carboxylic acids is 2. The fourth-order valence-corrected chi connectivity index (χ4v) is 7.59. The Morgan fingerprint density at radius 3 is 1.83 bits per heavy atom. The molecule has 1 aliphatic rings. The number of carbonyl (C=O) groups is 10. The average molecular weight is 1070 g/mol. The highest BCUT2D eigenvalue weighted by atomic mass is 16.5. The van der Waals surface area contributed by atoms with Gasteiger partial charge in [0.05, 0.1) is 17.9 Å². The molecule has 26 heteroatoms. The van der Waals surface area contributed by atoms with Gasteiger partial charge in [-0.15, -0.1) is 0 Å². The van der Waals surface area contributed by atoms with E-state index < -0.39 is 132 Å². The van der Waals surface area contributed by atoms with Gasteiger partial charge >= 0.3 is 17.9 Å². The van der Waals surface area contributed by atoms with Crippen LogP contribution in [0.15, 0.2) is 76.4 Å². The van der Waals surface area contributed by atoms with Gasteiger partial charge < -0.3 is 74.7 Å². The second-order valence-electron chi connectivity index (χ2n) is 18.5. The third-order valence-corrected chi connectivity index (χ3v) is 12.2. The van der Waals surface area contributed by atoms with Crippen LogP contribution in [-0.2, 0) is 59.1 Å². The lowest BCUT2D eigenvalue weighted by molar-refractivity contribution is -0.148. The van der Waals surface area contributed by atoms with Crippen LogP contribution >= 0.6 is 0 Å². The molecule has 76 heavy (non-hydrogen) atoms. The molecule has 16 N–H and O–H groups in total. The Labute approximate surface area is 441 Å². The van der Waals surface area contributed by atoms with Crippen LogP contribution in [0, 0.1) is 17.8 Å². The van der Waals surface area contributed by atoms with E-state index in [1.54, 1.807) is 13.0 Å². The van der Waals surface area contributed by atoms with Gasteiger partial charge in [0, 0.05) is 45.8 Å². The SMILES string of the molecule is C=C1C(=O)N[C@H](C)C(=O)N[C@@H](CCCN=C(N)N)C(=O)N[C@@H](C(=O)O)[C@H](C)C(=O)N[C@@H](CCCN=C(N)N)C(=O)NC(/C=C/C(C)=C/[C@H](C)[C@H](Cc2ccccc2)OC(C)=O)[C@H](C)C(=O)NC(C(=O)O)CCC(=O)N1C. The summed E-state index contributed by atoms with van der Waals surface area (Å²) in [5.41, 5.74) is 22.9. The first-order chi connectivity index (χ1) is 35.6. The van der Waals surface area contributed by atoms with Crippen molar-refractivity contribution in [3.63, 3.8) is 0 Å². The number of allylic oxidation sites excluding steroid dienone is 2. The number of guanidine groups is 2. The summed E-state index contributed by atoms with van der Waals surface area (Å²) in [6, 6.07) is 0.0760. The number of carbonyl (C=O) groups excluding carboxylic acids is 8. The van der Waals surface area contributed by atoms with Crippen LogP contribution in [-0.4, -0.2) is 149 Å². The largest absolute Gasteiger partial charge is 0.480 e. The third-order valence-electron chi connectivity index (χ3n) is 12.2. The monoisotopic (exact) mass is 1070 g/mol. The number of hydrogen-bond acceptors (Lipinski definition) is 13. The summed E-state index contributed by atoms with van der Waals surface area (Å²) in [5, 5.41) is 35.3. The van der Waals surface area contributed by atoms with Crippen molar-refractivity contribution < 1.29 is 62.9 Å². The quantitative estimate of drug-likeness (QED) is 0.0212. The Hall–Kier alpha value is -8.32. The van der Waals surface area contributed by atoms with Gasteiger partial charge in [0.25, 0.3) is 5.91 Å². The van der Waals surface area contributed by atoms with Crippen molar-refractivity contribution in [3.8, 4) is 0 Å². The number of nitrogens with zero attached hydrogens (tertiary/aromatic N) is 3. The summed E-state index contributed by atoms with van der Waals surface area (Å²) in [4.78, 5) is 143. The molecule has 2 rings (SSSR count). The van der Waals surface area contributed by atoms with Gasteiger partial charge in [0.2, 0.25) is 35.4 Å². The van der Waals surface area contributed by atoms with E-state index in [9.17, 15) is 58.2 Å². The average Bonchev–Trinajstić information content (AvgIpc) is 3.35. The summed E-state index contributed by atoms with van der Waals surface area (Å²) in [6.07, 6.45) is 3.45. The number of nitrogens with two attached hydrogens (primary N) is 4. The van der Waals surface area contributed by atoms with E-state index in [2.05, 4.69) is 48.5 Å². The first kappa shape index (κ1) is 63.8. The Balaban J connectivity index is 2.77. The number of hydrogen-bond donors (Lipinski definition) is 12. The van der Waals surface area contributed by atoms with Crippen molar-refractivity contribution >= 4 is 71.2 Å². The Morgan fingerprint density at radius 2 is 1.30 bits per heavy atom. The number of ether oxygens (including phenoxy) is 1. The number of nitrogens with one attached hydrogen (secondary N) is 6. The zero-order chi connectivity index (χ0) is 57.4. The van der Waals surface area contributed by atoms with Crippen LogP contribution in [0.3, 0.4) is 0 Å². The first-order valence-electron chi connectivity index (χ1n) is 24.6. The highest BCUT2D eigenvalue weighted by Crippen LogP contribution is 2.20. The number of amides is 7. The molecule has 10 atom stereocenters. The minimum atomic E-state index is -1.97. The second kappa shape index (κ2) is 31.4. The number of aliphatic imine (C=N–C) groups is 2. The van der Waals surface area contributed by atoms with E-state index in [-0.39, 0.29) is 56.6 Å². The molecule has 0 radical (unpaired) electrons. The van der Waals surface area contributed by atoms with Crippen LogP contribution in [0.25, 0.3) is 0 Å². The summed E-state index contributed by atoms with van der Waals surface area (Å²) >= 11 is 0. The van der Waals surface area contributed by atoms with Crippen molar-refractivity contribution in [1.82, 2.24) is 36.8 Å². The molecular weight excluding hydrogens is 991 g/mol. The summed E-state index contributed by atoms with van der Waals surface area (Å²) in [5.74, 6) is -14.1. The van der Waals surface area contributed by atoms with Gasteiger partial charge in [-0.3, -0.25) is 48.3 Å². The number of likely N-dealkylation sites (N-methyl/N-ethyl adjacent to an activating group) is 1. The molecule has 418 valence electrons. The van der Waals surface area contributed by atoms with Crippen LogP contribution in [0.2, 0.25) is 0 Å². The standard InChI is InChI=1S/C50H75N13O13/c1-26(24-27(2)38(76-32(7)64)25-33-14-10-9-11-15-33)18-19-34-28(3)41(66)61-37(47(72)73)20-21-39(65)63(8)31(6)44(69)57-30(5)43(68)60-36(17-13-23-56-50(53)54)46(71)62-40(48(74)75)29(4)42(67)59-35(45(70)58-34)16-12-22-55-49(51)52/h9-11,14-15,18-19,24,27-30,34-38,40H,6,12-13,16-17,20-23,25H2,1-5,7-8H3,(H,57,69)(H,58,70)(H,59,67)(H,60,68)(H,61,66)(H,62,71)(H,72,73)(H,74,75)(H4,51,52,55)(H4,53,54,56)/b19-18+,26-24+/t27-,28-,29-,30+,34?,35-,36-,37?,38-,40+/m0/s1. The molecule has 0 saturated carbocycles. The van der Waals surface area contributed by atoms with E-state index in [0.717, 1.165) is 10.5 Å². The van der Waals surface area contributed by atoms with Gasteiger partial charge in [-0.25, -0.2) is 9.59 Å². The van der Waals surface area contributed by atoms with Gasteiger partial charge in [0.15, 0.2) is 11.9 Å². The maximum absolute atomic E-state index is 14.4. The number of esters is 1. The fraction of sp³-hybridized carbons (Fsp3) is 0.520. The molecule has 1 aliphatic heterocycles. The van der Waals surface area contributed by atoms with Crippen LogP contribution < -0.4 is 54.8 Å². The second-order valence-corrected chi connectivity index (χ2v) is 18.5. The molecular formula is C50H75N13O13. The molecule has 1 saturated heterocycles. The van der Waals surface area contributed by atoms with E-state index in [4.69, 9.17) is 27.7 Å². The predicted octanol–water partition coefficient (Wildman–Crippen LogP) is -1.46. The van der Waals surface area contributed by atoms with E-state index in [1.807, 2.05) is 43.3 Å². The fourth-order valence-electron chi connectivity index (χ4n) is 7.59. The topological polar surface area (TPSA) is 425 Å². The molecule has 0 spiro atoms. The minimum Gasteiger partial charge on any atom is -0.480 e. The molecule has 1 fully saturated rings. The molecule has 0 aliphatic carbocycles. The molecule has 7 amide bonds. The summed E-state index contributed by atoms with van der Waals surface area (Å²) in [6.45, 7) is 12.3. The van der Waals surface area contributed by atoms with Crippen LogP contribution in [0.5, 0.6) is 0 Å². The van der Waals surface area contributed by atoms with E-state index >= 15 is 0 Å². The maximum Gasteiger partial charge on any atom is 0.327 e. The summed E-state index contributed by atoms with van der Waals surface area (Å²) < 4.78 is 5.67.